The zero-order valence-corrected chi connectivity index (χ0v) is 14.0. The van der Waals surface area contributed by atoms with Crippen molar-refractivity contribution in [3.63, 3.8) is 0 Å². The van der Waals surface area contributed by atoms with Gasteiger partial charge in [-0.2, -0.15) is 0 Å². The minimum absolute atomic E-state index is 0.993. The maximum atomic E-state index is 4.97. The first-order valence-electron chi connectivity index (χ1n) is 8.13. The molecule has 0 saturated heterocycles. The SMILES string of the molecule is CCc1ccc(-c2nc3sc4c(n3c2CC)CCNC4)cc1. The van der Waals surface area contributed by atoms with Crippen LogP contribution < -0.4 is 5.32 Å². The van der Waals surface area contributed by atoms with Crippen LogP contribution in [0.4, 0.5) is 0 Å². The van der Waals surface area contributed by atoms with Crippen molar-refractivity contribution in [2.75, 3.05) is 6.54 Å². The molecule has 0 unspecified atom stereocenters. The van der Waals surface area contributed by atoms with Crippen molar-refractivity contribution >= 4 is 16.3 Å². The summed E-state index contributed by atoms with van der Waals surface area (Å²) in [6.07, 6.45) is 3.20. The molecule has 3 aromatic rings. The summed E-state index contributed by atoms with van der Waals surface area (Å²) in [4.78, 5) is 7.58. The molecule has 0 saturated carbocycles. The first-order chi connectivity index (χ1) is 10.8. The molecule has 0 spiro atoms. The minimum Gasteiger partial charge on any atom is -0.311 e. The van der Waals surface area contributed by atoms with Crippen molar-refractivity contribution in [1.82, 2.24) is 14.7 Å². The molecule has 114 valence electrons. The Morgan fingerprint density at radius 1 is 1.18 bits per heavy atom. The standard InChI is InChI=1S/C18H21N3S/c1-3-12-5-7-13(8-6-12)17-14(4-2)21-15-9-10-19-11-16(15)22-18(21)20-17/h5-8,19H,3-4,9-11H2,1-2H3. The molecule has 4 rings (SSSR count). The summed E-state index contributed by atoms with van der Waals surface area (Å²) < 4.78 is 2.42. The highest BCUT2D eigenvalue weighted by Crippen LogP contribution is 2.33. The van der Waals surface area contributed by atoms with Gasteiger partial charge in [-0.1, -0.05) is 49.4 Å². The zero-order valence-electron chi connectivity index (χ0n) is 13.1. The Hall–Kier alpha value is -1.65. The summed E-state index contributed by atoms with van der Waals surface area (Å²) in [6, 6.07) is 8.89. The Balaban J connectivity index is 1.88. The van der Waals surface area contributed by atoms with E-state index in [1.54, 1.807) is 0 Å². The van der Waals surface area contributed by atoms with Gasteiger partial charge in [0.15, 0.2) is 4.96 Å². The van der Waals surface area contributed by atoms with Crippen LogP contribution >= 0.6 is 11.3 Å². The molecule has 3 heterocycles. The Labute approximate surface area is 135 Å². The molecular weight excluding hydrogens is 290 g/mol. The molecule has 0 bridgehead atoms. The summed E-state index contributed by atoms with van der Waals surface area (Å²) in [6.45, 7) is 6.49. The maximum absolute atomic E-state index is 4.97. The summed E-state index contributed by atoms with van der Waals surface area (Å²) >= 11 is 1.84. The van der Waals surface area contributed by atoms with Crippen LogP contribution in [0.25, 0.3) is 16.2 Å². The van der Waals surface area contributed by atoms with E-state index in [9.17, 15) is 0 Å². The first-order valence-corrected chi connectivity index (χ1v) is 8.95. The van der Waals surface area contributed by atoms with Crippen molar-refractivity contribution in [2.45, 2.75) is 39.7 Å². The number of aryl methyl sites for hydroxylation is 2. The number of hydrogen-bond donors (Lipinski definition) is 1. The van der Waals surface area contributed by atoms with E-state index in [2.05, 4.69) is 47.8 Å². The van der Waals surface area contributed by atoms with E-state index in [4.69, 9.17) is 4.98 Å². The van der Waals surface area contributed by atoms with Crippen LogP contribution in [-0.2, 0) is 25.8 Å². The van der Waals surface area contributed by atoms with Gasteiger partial charge >= 0.3 is 0 Å². The van der Waals surface area contributed by atoms with Crippen LogP contribution in [0.5, 0.6) is 0 Å². The summed E-state index contributed by atoms with van der Waals surface area (Å²) in [5.41, 5.74) is 6.62. The van der Waals surface area contributed by atoms with Gasteiger partial charge in [0.25, 0.3) is 0 Å². The third-order valence-electron chi connectivity index (χ3n) is 4.54. The molecule has 0 radical (unpaired) electrons. The third kappa shape index (κ3) is 2.09. The highest BCUT2D eigenvalue weighted by atomic mass is 32.1. The molecule has 3 nitrogen and oxygen atoms in total. The summed E-state index contributed by atoms with van der Waals surface area (Å²) in [7, 11) is 0. The highest BCUT2D eigenvalue weighted by Gasteiger charge is 2.22. The van der Waals surface area contributed by atoms with Crippen LogP contribution in [0.1, 0.15) is 35.7 Å². The largest absolute Gasteiger partial charge is 0.311 e. The predicted octanol–water partition coefficient (Wildman–Crippen LogP) is 3.83. The number of fused-ring (bicyclic) bond motifs is 3. The first kappa shape index (κ1) is 14.0. The van der Waals surface area contributed by atoms with Crippen LogP contribution in [0.2, 0.25) is 0 Å². The van der Waals surface area contributed by atoms with Gasteiger partial charge < -0.3 is 5.32 Å². The fraction of sp³-hybridized carbons (Fsp3) is 0.389. The van der Waals surface area contributed by atoms with Gasteiger partial charge in [-0.25, -0.2) is 4.98 Å². The minimum atomic E-state index is 0.993. The van der Waals surface area contributed by atoms with Gasteiger partial charge in [-0.3, -0.25) is 4.40 Å². The number of nitrogens with zero attached hydrogens (tertiary/aromatic N) is 2. The zero-order chi connectivity index (χ0) is 15.1. The lowest BCUT2D eigenvalue weighted by Crippen LogP contribution is -2.23. The van der Waals surface area contributed by atoms with Gasteiger partial charge in [-0.15, -0.1) is 0 Å². The second-order valence-corrected chi connectivity index (χ2v) is 6.89. The van der Waals surface area contributed by atoms with Gasteiger partial charge in [0, 0.05) is 35.6 Å². The number of benzene rings is 1. The van der Waals surface area contributed by atoms with Gasteiger partial charge in [0.1, 0.15) is 0 Å². The number of hydrogen-bond acceptors (Lipinski definition) is 3. The fourth-order valence-electron chi connectivity index (χ4n) is 3.33. The van der Waals surface area contributed by atoms with E-state index in [1.807, 2.05) is 11.3 Å². The molecule has 2 aromatic heterocycles. The lowest BCUT2D eigenvalue weighted by atomic mass is 10.1. The van der Waals surface area contributed by atoms with Gasteiger partial charge in [0.2, 0.25) is 0 Å². The quantitative estimate of drug-likeness (QED) is 0.796. The molecule has 1 aliphatic heterocycles. The molecular formula is C18H21N3S. The van der Waals surface area contributed by atoms with E-state index in [-0.39, 0.29) is 0 Å². The van der Waals surface area contributed by atoms with Crippen LogP contribution in [-0.4, -0.2) is 15.9 Å². The lowest BCUT2D eigenvalue weighted by Gasteiger charge is -2.13. The van der Waals surface area contributed by atoms with E-state index >= 15 is 0 Å². The molecule has 0 aliphatic carbocycles. The normalized spacial score (nSPS) is 14.5. The smallest absolute Gasteiger partial charge is 0.194 e. The number of imidazole rings is 1. The number of aromatic nitrogens is 2. The fourth-order valence-corrected chi connectivity index (χ4v) is 4.48. The molecule has 1 N–H and O–H groups in total. The van der Waals surface area contributed by atoms with Crippen molar-refractivity contribution in [2.24, 2.45) is 0 Å². The monoisotopic (exact) mass is 311 g/mol. The van der Waals surface area contributed by atoms with Crippen molar-refractivity contribution in [1.29, 1.82) is 0 Å². The Morgan fingerprint density at radius 2 is 2.00 bits per heavy atom. The Kier molecular flexibility index (Phi) is 3.51. The lowest BCUT2D eigenvalue weighted by molar-refractivity contribution is 0.635. The molecule has 0 atom stereocenters. The molecule has 1 aliphatic rings. The average Bonchev–Trinajstić information content (AvgIpc) is 3.10. The van der Waals surface area contributed by atoms with E-state index in [0.29, 0.717) is 0 Å². The Morgan fingerprint density at radius 3 is 2.73 bits per heavy atom. The van der Waals surface area contributed by atoms with E-state index in [1.165, 1.54) is 27.4 Å². The number of nitrogens with one attached hydrogen (secondary N) is 1. The van der Waals surface area contributed by atoms with Gasteiger partial charge in [-0.05, 0) is 18.4 Å². The molecule has 1 aromatic carbocycles. The van der Waals surface area contributed by atoms with Gasteiger partial charge in [0.05, 0.1) is 11.4 Å². The predicted molar refractivity (Wildman–Crippen MR) is 92.7 cm³/mol. The molecule has 4 heteroatoms. The molecule has 0 fully saturated rings. The molecule has 0 amide bonds. The second kappa shape index (κ2) is 5.52. The number of thiazole rings is 1. The van der Waals surface area contributed by atoms with E-state index < -0.39 is 0 Å². The van der Waals surface area contributed by atoms with Crippen LogP contribution in [0.15, 0.2) is 24.3 Å². The van der Waals surface area contributed by atoms with E-state index in [0.717, 1.165) is 43.0 Å². The summed E-state index contributed by atoms with van der Waals surface area (Å²) in [5, 5.41) is 3.46. The third-order valence-corrected chi connectivity index (χ3v) is 5.63. The number of rotatable bonds is 3. The van der Waals surface area contributed by atoms with Crippen molar-refractivity contribution in [3.05, 3.63) is 46.1 Å². The highest BCUT2D eigenvalue weighted by molar-refractivity contribution is 7.17. The van der Waals surface area contributed by atoms with Crippen molar-refractivity contribution < 1.29 is 0 Å². The van der Waals surface area contributed by atoms with Crippen molar-refractivity contribution in [3.8, 4) is 11.3 Å². The van der Waals surface area contributed by atoms with Crippen LogP contribution in [0, 0.1) is 0 Å². The van der Waals surface area contributed by atoms with Crippen LogP contribution in [0.3, 0.4) is 0 Å². The topological polar surface area (TPSA) is 29.3 Å². The Bertz CT molecular complexity index is 811. The average molecular weight is 311 g/mol. The maximum Gasteiger partial charge on any atom is 0.194 e. The summed E-state index contributed by atoms with van der Waals surface area (Å²) in [5.74, 6) is 0. The molecule has 22 heavy (non-hydrogen) atoms. The second-order valence-electron chi connectivity index (χ2n) is 5.83.